The molecule has 0 heterocycles. The Hall–Kier alpha value is -0.510. The number of rotatable bonds is 7. The lowest BCUT2D eigenvalue weighted by Gasteiger charge is -2.33. The monoisotopic (exact) mass is 267 g/mol. The van der Waals surface area contributed by atoms with Gasteiger partial charge in [0.05, 0.1) is 12.1 Å². The van der Waals surface area contributed by atoms with Crippen molar-refractivity contribution in [1.82, 2.24) is 5.32 Å². The van der Waals surface area contributed by atoms with Crippen LogP contribution < -0.4 is 5.32 Å². The van der Waals surface area contributed by atoms with Crippen LogP contribution in [0.1, 0.15) is 26.3 Å². The summed E-state index contributed by atoms with van der Waals surface area (Å²) in [6, 6.07) is 10.2. The highest BCUT2D eigenvalue weighted by molar-refractivity contribution is 7.99. The third kappa shape index (κ3) is 3.74. The lowest BCUT2D eigenvalue weighted by molar-refractivity contribution is 0.187. The zero-order chi connectivity index (χ0) is 13.6. The molecule has 0 bridgehead atoms. The molecule has 102 valence electrons. The zero-order valence-corrected chi connectivity index (χ0v) is 12.6. The molecule has 1 aromatic carbocycles. The highest BCUT2D eigenvalue weighted by atomic mass is 32.2. The van der Waals surface area contributed by atoms with E-state index in [-0.39, 0.29) is 12.1 Å². The fraction of sp³-hybridized carbons (Fsp3) is 0.600. The number of aliphatic hydroxyl groups excluding tert-OH is 1. The molecule has 0 saturated carbocycles. The molecule has 1 aromatic rings. The van der Waals surface area contributed by atoms with Crippen LogP contribution in [0.25, 0.3) is 0 Å². The van der Waals surface area contributed by atoms with Gasteiger partial charge in [-0.25, -0.2) is 0 Å². The summed E-state index contributed by atoms with van der Waals surface area (Å²) in [5.74, 6) is 1.53. The van der Waals surface area contributed by atoms with Gasteiger partial charge in [-0.1, -0.05) is 51.1 Å². The predicted octanol–water partition coefficient (Wildman–Crippen LogP) is 2.87. The first kappa shape index (κ1) is 15.5. The maximum Gasteiger partial charge on any atom is 0.0758 e. The summed E-state index contributed by atoms with van der Waals surface area (Å²) in [5, 5.41) is 13.7. The van der Waals surface area contributed by atoms with Gasteiger partial charge in [-0.15, -0.1) is 0 Å². The van der Waals surface area contributed by atoms with Gasteiger partial charge in [0.1, 0.15) is 0 Å². The lowest BCUT2D eigenvalue weighted by atomic mass is 9.93. The van der Waals surface area contributed by atoms with E-state index >= 15 is 0 Å². The minimum Gasteiger partial charge on any atom is -0.394 e. The largest absolute Gasteiger partial charge is 0.394 e. The molecule has 0 radical (unpaired) electrons. The number of hydrogen-bond donors (Lipinski definition) is 2. The van der Waals surface area contributed by atoms with Gasteiger partial charge in [-0.3, -0.25) is 0 Å². The first-order chi connectivity index (χ1) is 8.55. The number of nitrogens with one attached hydrogen (secondary N) is 1. The van der Waals surface area contributed by atoms with Gasteiger partial charge in [0, 0.05) is 11.0 Å². The van der Waals surface area contributed by atoms with Gasteiger partial charge in [0.15, 0.2) is 0 Å². The molecule has 0 aliphatic carbocycles. The van der Waals surface area contributed by atoms with E-state index < -0.39 is 0 Å². The fourth-order valence-corrected chi connectivity index (χ4v) is 3.07. The minimum absolute atomic E-state index is 0.116. The Kier molecular flexibility index (Phi) is 6.19. The van der Waals surface area contributed by atoms with Crippen LogP contribution in [0.5, 0.6) is 0 Å². The minimum atomic E-state index is -0.338. The summed E-state index contributed by atoms with van der Waals surface area (Å²) in [6.07, 6.45) is 0. The Morgan fingerprint density at radius 3 is 2.28 bits per heavy atom. The maximum atomic E-state index is 9.81. The Labute approximate surface area is 115 Å². The maximum absolute atomic E-state index is 9.81. The second-order valence-corrected chi connectivity index (χ2v) is 6.48. The standard InChI is InChI=1S/C15H25NOS/c1-12(2)13(3)18-11-15(10-17,16-4)14-8-6-5-7-9-14/h5-9,12-13,16-17H,10-11H2,1-4H3. The number of aliphatic hydroxyl groups is 1. The molecule has 0 spiro atoms. The van der Waals surface area contributed by atoms with Crippen LogP contribution in [0, 0.1) is 5.92 Å². The van der Waals surface area contributed by atoms with E-state index in [2.05, 4.69) is 38.2 Å². The Bertz CT molecular complexity index is 336. The molecule has 0 saturated heterocycles. The normalized spacial score (nSPS) is 16.6. The van der Waals surface area contributed by atoms with Crippen molar-refractivity contribution in [2.75, 3.05) is 19.4 Å². The molecule has 0 aromatic heterocycles. The van der Waals surface area contributed by atoms with Gasteiger partial charge in [0.2, 0.25) is 0 Å². The van der Waals surface area contributed by atoms with Crippen LogP contribution in [-0.2, 0) is 5.54 Å². The van der Waals surface area contributed by atoms with Gasteiger partial charge < -0.3 is 10.4 Å². The van der Waals surface area contributed by atoms with Crippen molar-refractivity contribution >= 4 is 11.8 Å². The van der Waals surface area contributed by atoms with Crippen LogP contribution in [-0.4, -0.2) is 29.8 Å². The van der Waals surface area contributed by atoms with Crippen LogP contribution in [0.2, 0.25) is 0 Å². The molecule has 0 aliphatic heterocycles. The Balaban J connectivity index is 2.81. The average Bonchev–Trinajstić information content (AvgIpc) is 2.41. The number of likely N-dealkylation sites (N-methyl/N-ethyl adjacent to an activating group) is 1. The fourth-order valence-electron chi connectivity index (χ4n) is 1.74. The molecule has 2 unspecified atom stereocenters. The molecule has 0 amide bonds. The molecule has 0 fully saturated rings. The number of benzene rings is 1. The van der Waals surface area contributed by atoms with Crippen molar-refractivity contribution in [3.63, 3.8) is 0 Å². The molecule has 2 nitrogen and oxygen atoms in total. The number of thioether (sulfide) groups is 1. The first-order valence-electron chi connectivity index (χ1n) is 6.52. The third-order valence-electron chi connectivity index (χ3n) is 3.61. The third-order valence-corrected chi connectivity index (χ3v) is 5.34. The Morgan fingerprint density at radius 1 is 1.22 bits per heavy atom. The van der Waals surface area contributed by atoms with Crippen molar-refractivity contribution in [3.05, 3.63) is 35.9 Å². The first-order valence-corrected chi connectivity index (χ1v) is 7.57. The van der Waals surface area contributed by atoms with E-state index in [0.29, 0.717) is 11.2 Å². The van der Waals surface area contributed by atoms with Crippen LogP contribution in [0.4, 0.5) is 0 Å². The van der Waals surface area contributed by atoms with Crippen molar-refractivity contribution in [2.45, 2.75) is 31.6 Å². The topological polar surface area (TPSA) is 32.3 Å². The van der Waals surface area contributed by atoms with Crippen LogP contribution >= 0.6 is 11.8 Å². The summed E-state index contributed by atoms with van der Waals surface area (Å²) in [6.45, 7) is 6.84. The molecular weight excluding hydrogens is 242 g/mol. The summed E-state index contributed by atoms with van der Waals surface area (Å²) in [5.41, 5.74) is 0.813. The van der Waals surface area contributed by atoms with Gasteiger partial charge >= 0.3 is 0 Å². The van der Waals surface area contributed by atoms with Gasteiger partial charge in [-0.2, -0.15) is 11.8 Å². The SMILES string of the molecule is CNC(CO)(CSC(C)C(C)C)c1ccccc1. The molecule has 1 rings (SSSR count). The summed E-state index contributed by atoms with van der Waals surface area (Å²) >= 11 is 1.91. The van der Waals surface area contributed by atoms with Crippen molar-refractivity contribution in [1.29, 1.82) is 0 Å². The molecule has 2 atom stereocenters. The van der Waals surface area contributed by atoms with Crippen LogP contribution in [0.3, 0.4) is 0 Å². The highest BCUT2D eigenvalue weighted by Gasteiger charge is 2.30. The van der Waals surface area contributed by atoms with Crippen molar-refractivity contribution in [2.24, 2.45) is 5.92 Å². The molecular formula is C15H25NOS. The quantitative estimate of drug-likeness (QED) is 0.797. The summed E-state index contributed by atoms with van der Waals surface area (Å²) in [7, 11) is 1.92. The lowest BCUT2D eigenvalue weighted by Crippen LogP contribution is -2.46. The van der Waals surface area contributed by atoms with E-state index in [1.807, 2.05) is 37.0 Å². The van der Waals surface area contributed by atoms with E-state index in [4.69, 9.17) is 0 Å². The smallest absolute Gasteiger partial charge is 0.0758 e. The molecule has 0 aliphatic rings. The van der Waals surface area contributed by atoms with E-state index in [0.717, 1.165) is 11.3 Å². The van der Waals surface area contributed by atoms with E-state index in [1.165, 1.54) is 0 Å². The van der Waals surface area contributed by atoms with Crippen LogP contribution in [0.15, 0.2) is 30.3 Å². The zero-order valence-electron chi connectivity index (χ0n) is 11.8. The highest BCUT2D eigenvalue weighted by Crippen LogP contribution is 2.29. The van der Waals surface area contributed by atoms with Crippen molar-refractivity contribution in [3.8, 4) is 0 Å². The van der Waals surface area contributed by atoms with E-state index in [9.17, 15) is 5.11 Å². The average molecular weight is 267 g/mol. The molecule has 3 heteroatoms. The summed E-state index contributed by atoms with van der Waals surface area (Å²) in [4.78, 5) is 0. The summed E-state index contributed by atoms with van der Waals surface area (Å²) < 4.78 is 0. The van der Waals surface area contributed by atoms with Gasteiger partial charge in [0.25, 0.3) is 0 Å². The second-order valence-electron chi connectivity index (χ2n) is 5.12. The van der Waals surface area contributed by atoms with Crippen molar-refractivity contribution < 1.29 is 5.11 Å². The Morgan fingerprint density at radius 2 is 1.83 bits per heavy atom. The second kappa shape index (κ2) is 7.17. The molecule has 18 heavy (non-hydrogen) atoms. The number of hydrogen-bond acceptors (Lipinski definition) is 3. The van der Waals surface area contributed by atoms with Gasteiger partial charge in [-0.05, 0) is 18.5 Å². The van der Waals surface area contributed by atoms with E-state index in [1.54, 1.807) is 0 Å². The molecule has 2 N–H and O–H groups in total. The predicted molar refractivity (Wildman–Crippen MR) is 81.0 cm³/mol.